The van der Waals surface area contributed by atoms with Crippen LogP contribution < -0.4 is 0 Å². The van der Waals surface area contributed by atoms with E-state index < -0.39 is 9.84 Å². The van der Waals surface area contributed by atoms with Gasteiger partial charge >= 0.3 is 0 Å². The normalized spacial score (nSPS) is 24.0. The van der Waals surface area contributed by atoms with E-state index in [0.29, 0.717) is 17.7 Å². The highest BCUT2D eigenvalue weighted by molar-refractivity contribution is 7.91. The summed E-state index contributed by atoms with van der Waals surface area (Å²) in [5.74, 6) is -0.0257. The minimum Gasteiger partial charge on any atom is -0.293 e. The van der Waals surface area contributed by atoms with Crippen molar-refractivity contribution >= 4 is 27.2 Å². The molecule has 0 aliphatic heterocycles. The molecule has 1 aromatic rings. The quantitative estimate of drug-likeness (QED) is 0.797. The molecule has 20 heavy (non-hydrogen) atoms. The Kier molecular flexibility index (Phi) is 4.59. The van der Waals surface area contributed by atoms with Crippen LogP contribution >= 0.6 is 11.5 Å². The van der Waals surface area contributed by atoms with Gasteiger partial charge in [-0.2, -0.15) is 0 Å². The molecule has 7 heteroatoms. The van der Waals surface area contributed by atoms with E-state index >= 15 is 0 Å². The third-order valence-corrected chi connectivity index (χ3v) is 6.28. The number of rotatable bonds is 4. The molecule has 2 unspecified atom stereocenters. The van der Waals surface area contributed by atoms with Crippen molar-refractivity contribution in [3.8, 4) is 0 Å². The molecule has 1 saturated carbocycles. The van der Waals surface area contributed by atoms with Crippen LogP contribution in [0.25, 0.3) is 0 Å². The van der Waals surface area contributed by atoms with E-state index in [-0.39, 0.29) is 22.9 Å². The zero-order valence-electron chi connectivity index (χ0n) is 12.0. The molecule has 1 aliphatic rings. The number of nitrogens with zero attached hydrogens (tertiary/aromatic N) is 2. The van der Waals surface area contributed by atoms with E-state index in [4.69, 9.17) is 0 Å². The zero-order valence-corrected chi connectivity index (χ0v) is 13.6. The predicted molar refractivity (Wildman–Crippen MR) is 78.9 cm³/mol. The summed E-state index contributed by atoms with van der Waals surface area (Å²) in [6.07, 6.45) is 3.92. The summed E-state index contributed by atoms with van der Waals surface area (Å²) >= 11 is 1.13. The van der Waals surface area contributed by atoms with Gasteiger partial charge < -0.3 is 0 Å². The Balaban J connectivity index is 2.19. The number of Topliss-reactive ketones (excluding diaryl/α,β-unsaturated/α-hetero) is 1. The number of sulfone groups is 1. The Morgan fingerprint density at radius 2 is 2.05 bits per heavy atom. The molecule has 0 aromatic carbocycles. The fraction of sp³-hybridized carbons (Fsp3) is 0.769. The van der Waals surface area contributed by atoms with Gasteiger partial charge in [0.05, 0.1) is 10.9 Å². The summed E-state index contributed by atoms with van der Waals surface area (Å²) in [5, 5.41) is 3.65. The molecule has 1 aliphatic carbocycles. The molecular formula is C13H20N2O3S2. The fourth-order valence-corrected chi connectivity index (χ4v) is 4.72. The summed E-state index contributed by atoms with van der Waals surface area (Å²) in [6, 6.07) is 0. The second-order valence-corrected chi connectivity index (χ2v) is 8.90. The Bertz CT molecular complexity index is 593. The molecule has 1 heterocycles. The maximum Gasteiger partial charge on any atom is 0.179 e. The van der Waals surface area contributed by atoms with Gasteiger partial charge in [0.15, 0.2) is 5.78 Å². The molecule has 0 N–H and O–H groups in total. The first-order chi connectivity index (χ1) is 9.30. The van der Waals surface area contributed by atoms with Crippen LogP contribution in [0.15, 0.2) is 0 Å². The predicted octanol–water partition coefficient (Wildman–Crippen LogP) is 2.45. The van der Waals surface area contributed by atoms with E-state index in [9.17, 15) is 13.2 Å². The topological polar surface area (TPSA) is 77.0 Å². The summed E-state index contributed by atoms with van der Waals surface area (Å²) in [6.45, 7) is 3.96. The average Bonchev–Trinajstić information content (AvgIpc) is 2.86. The van der Waals surface area contributed by atoms with Crippen molar-refractivity contribution in [1.29, 1.82) is 0 Å². The Morgan fingerprint density at radius 3 is 2.65 bits per heavy atom. The van der Waals surface area contributed by atoms with E-state index in [1.54, 1.807) is 0 Å². The van der Waals surface area contributed by atoms with Gasteiger partial charge in [-0.15, -0.1) is 5.10 Å². The lowest BCUT2D eigenvalue weighted by molar-refractivity contribution is 0.0893. The van der Waals surface area contributed by atoms with Crippen LogP contribution in [0.2, 0.25) is 0 Å². The van der Waals surface area contributed by atoms with Gasteiger partial charge in [0, 0.05) is 12.2 Å². The van der Waals surface area contributed by atoms with Crippen LogP contribution in [0.5, 0.6) is 0 Å². The number of aromatic nitrogens is 2. The number of hydrogen-bond donors (Lipinski definition) is 0. The molecule has 2 atom stereocenters. The highest BCUT2D eigenvalue weighted by atomic mass is 32.2. The van der Waals surface area contributed by atoms with Gasteiger partial charge in [0.2, 0.25) is 0 Å². The third-order valence-electron chi connectivity index (χ3n) is 3.89. The lowest BCUT2D eigenvalue weighted by atomic mass is 9.84. The fourth-order valence-electron chi connectivity index (χ4n) is 2.70. The highest BCUT2D eigenvalue weighted by Gasteiger charge is 2.34. The lowest BCUT2D eigenvalue weighted by Crippen LogP contribution is -2.31. The first-order valence-electron chi connectivity index (χ1n) is 6.86. The van der Waals surface area contributed by atoms with Crippen molar-refractivity contribution in [1.82, 2.24) is 9.59 Å². The second-order valence-electron chi connectivity index (χ2n) is 5.82. The molecule has 0 saturated heterocycles. The van der Waals surface area contributed by atoms with Crippen molar-refractivity contribution in [2.45, 2.75) is 50.7 Å². The largest absolute Gasteiger partial charge is 0.293 e. The van der Waals surface area contributed by atoms with Crippen molar-refractivity contribution in [2.24, 2.45) is 5.92 Å². The minimum atomic E-state index is -3.07. The molecule has 1 fully saturated rings. The van der Waals surface area contributed by atoms with Crippen LogP contribution in [0, 0.1) is 5.92 Å². The number of hydrogen-bond acceptors (Lipinski definition) is 6. The Morgan fingerprint density at radius 1 is 1.35 bits per heavy atom. The van der Waals surface area contributed by atoms with E-state index in [1.165, 1.54) is 6.26 Å². The van der Waals surface area contributed by atoms with Crippen molar-refractivity contribution in [2.75, 3.05) is 6.26 Å². The first-order valence-corrected chi connectivity index (χ1v) is 9.58. The van der Waals surface area contributed by atoms with Gasteiger partial charge in [0.1, 0.15) is 14.7 Å². The zero-order chi connectivity index (χ0) is 14.9. The molecule has 0 amide bonds. The monoisotopic (exact) mass is 316 g/mol. The van der Waals surface area contributed by atoms with Gasteiger partial charge in [-0.1, -0.05) is 24.8 Å². The summed E-state index contributed by atoms with van der Waals surface area (Å²) in [5.41, 5.74) is 0.737. The standard InChI is InChI=1S/C13H20N2O3S2/c1-8(2)11-13(19-15-14-11)12(16)9-5-4-6-10(7-9)20(3,17)18/h8-10H,4-7H2,1-3H3. The van der Waals surface area contributed by atoms with Crippen LogP contribution in [-0.4, -0.2) is 35.3 Å². The van der Waals surface area contributed by atoms with Gasteiger partial charge in [0.25, 0.3) is 0 Å². The summed E-state index contributed by atoms with van der Waals surface area (Å²) in [4.78, 5) is 13.2. The average molecular weight is 316 g/mol. The summed E-state index contributed by atoms with van der Waals surface area (Å²) in [7, 11) is -3.07. The highest BCUT2D eigenvalue weighted by Crippen LogP contribution is 2.33. The maximum absolute atomic E-state index is 12.6. The van der Waals surface area contributed by atoms with Gasteiger partial charge in [-0.05, 0) is 36.7 Å². The molecule has 112 valence electrons. The smallest absolute Gasteiger partial charge is 0.179 e. The summed E-state index contributed by atoms with van der Waals surface area (Å²) < 4.78 is 27.2. The van der Waals surface area contributed by atoms with Crippen LogP contribution in [-0.2, 0) is 9.84 Å². The molecule has 2 rings (SSSR count). The van der Waals surface area contributed by atoms with Gasteiger partial charge in [-0.3, -0.25) is 4.79 Å². The lowest BCUT2D eigenvalue weighted by Gasteiger charge is -2.26. The molecule has 1 aromatic heterocycles. The van der Waals surface area contributed by atoms with Crippen LogP contribution in [0.4, 0.5) is 0 Å². The van der Waals surface area contributed by atoms with Crippen molar-refractivity contribution < 1.29 is 13.2 Å². The van der Waals surface area contributed by atoms with Gasteiger partial charge in [-0.25, -0.2) is 8.42 Å². The molecular weight excluding hydrogens is 296 g/mol. The third kappa shape index (κ3) is 3.25. The van der Waals surface area contributed by atoms with Crippen molar-refractivity contribution in [3.05, 3.63) is 10.6 Å². The number of carbonyl (C=O) groups excluding carboxylic acids is 1. The van der Waals surface area contributed by atoms with Crippen LogP contribution in [0.1, 0.15) is 60.8 Å². The maximum atomic E-state index is 12.6. The van der Waals surface area contributed by atoms with Crippen molar-refractivity contribution in [3.63, 3.8) is 0 Å². The molecule has 0 spiro atoms. The minimum absolute atomic E-state index is 0.0250. The van der Waals surface area contributed by atoms with Crippen LogP contribution in [0.3, 0.4) is 0 Å². The first kappa shape index (κ1) is 15.6. The second kappa shape index (κ2) is 5.89. The number of ketones is 1. The Hall–Kier alpha value is -0.820. The number of carbonyl (C=O) groups is 1. The van der Waals surface area contributed by atoms with E-state index in [1.807, 2.05) is 13.8 Å². The van der Waals surface area contributed by atoms with E-state index in [2.05, 4.69) is 9.59 Å². The SMILES string of the molecule is CC(C)c1nnsc1C(=O)C1CCCC(S(C)(=O)=O)C1. The Labute approximate surface area is 123 Å². The molecule has 5 nitrogen and oxygen atoms in total. The molecule has 0 bridgehead atoms. The van der Waals surface area contributed by atoms with E-state index in [0.717, 1.165) is 30.1 Å². The molecule has 0 radical (unpaired) electrons.